The average molecular weight is 235 g/mol. The van der Waals surface area contributed by atoms with Crippen molar-refractivity contribution in [1.82, 2.24) is 9.78 Å². The van der Waals surface area contributed by atoms with Gasteiger partial charge in [0.1, 0.15) is 0 Å². The van der Waals surface area contributed by atoms with Crippen LogP contribution in [0.15, 0.2) is 23.1 Å². The van der Waals surface area contributed by atoms with Gasteiger partial charge in [0, 0.05) is 23.4 Å². The van der Waals surface area contributed by atoms with Gasteiger partial charge in [-0.1, -0.05) is 7.92 Å². The van der Waals surface area contributed by atoms with Crippen molar-refractivity contribution in [3.05, 3.63) is 28.7 Å². The zero-order valence-corrected chi connectivity index (χ0v) is 10.5. The summed E-state index contributed by atoms with van der Waals surface area (Å²) in [6.07, 6.45) is 1.73. The Bertz CT molecular complexity index is 604. The minimum Gasteiger partial charge on any atom is -0.398 e. The average Bonchev–Trinajstić information content (AvgIpc) is 2.22. The van der Waals surface area contributed by atoms with Gasteiger partial charge in [0.15, 0.2) is 0 Å². The largest absolute Gasteiger partial charge is 0.398 e. The van der Waals surface area contributed by atoms with Crippen LogP contribution in [0.3, 0.4) is 0 Å². The molecule has 0 aliphatic carbocycles. The van der Waals surface area contributed by atoms with Crippen LogP contribution in [0.2, 0.25) is 0 Å². The predicted octanol–water partition coefficient (Wildman–Crippen LogP) is 0.883. The smallest absolute Gasteiger partial charge is 0.274 e. The van der Waals surface area contributed by atoms with E-state index in [2.05, 4.69) is 18.4 Å². The molecule has 0 fully saturated rings. The molecule has 16 heavy (non-hydrogen) atoms. The Hall–Kier alpha value is -1.41. The maximum atomic E-state index is 11.9. The third-order valence-corrected chi connectivity index (χ3v) is 3.97. The quantitative estimate of drug-likeness (QED) is 0.589. The number of aromatic nitrogens is 2. The molecular weight excluding hydrogens is 221 g/mol. The molecule has 1 heterocycles. The lowest BCUT2D eigenvalue weighted by Crippen LogP contribution is -2.22. The summed E-state index contributed by atoms with van der Waals surface area (Å²) in [4.78, 5) is 11.9. The fraction of sp³-hybridized carbons (Fsp3) is 0.273. The summed E-state index contributed by atoms with van der Waals surface area (Å²) < 4.78 is 1.34. The van der Waals surface area contributed by atoms with Crippen molar-refractivity contribution >= 4 is 29.7 Å². The van der Waals surface area contributed by atoms with Crippen molar-refractivity contribution in [2.24, 2.45) is 7.05 Å². The second-order valence-electron chi connectivity index (χ2n) is 3.93. The third kappa shape index (κ3) is 1.59. The summed E-state index contributed by atoms with van der Waals surface area (Å²) in [5, 5.41) is 6.70. The molecule has 84 valence electrons. The first-order valence-corrected chi connectivity index (χ1v) is 7.18. The number of rotatable bonds is 1. The fourth-order valence-electron chi connectivity index (χ4n) is 1.81. The van der Waals surface area contributed by atoms with E-state index in [9.17, 15) is 4.79 Å². The van der Waals surface area contributed by atoms with Gasteiger partial charge in [-0.3, -0.25) is 4.79 Å². The highest BCUT2D eigenvalue weighted by Crippen LogP contribution is 2.30. The van der Waals surface area contributed by atoms with Gasteiger partial charge in [-0.05, 0) is 25.5 Å². The normalized spacial score (nSPS) is 11.2. The maximum Gasteiger partial charge on any atom is 0.274 e. The van der Waals surface area contributed by atoms with Gasteiger partial charge in [0.25, 0.3) is 5.56 Å². The number of hydrogen-bond donors (Lipinski definition) is 1. The predicted molar refractivity (Wildman–Crippen MR) is 69.8 cm³/mol. The van der Waals surface area contributed by atoms with E-state index in [0.717, 1.165) is 16.4 Å². The van der Waals surface area contributed by atoms with Crippen LogP contribution in [0.25, 0.3) is 10.8 Å². The first-order chi connectivity index (χ1) is 7.52. The van der Waals surface area contributed by atoms with E-state index < -0.39 is 0 Å². The van der Waals surface area contributed by atoms with E-state index >= 15 is 0 Å². The van der Waals surface area contributed by atoms with Gasteiger partial charge >= 0.3 is 0 Å². The molecular formula is C11H14N3OP. The molecule has 1 aromatic carbocycles. The number of nitrogen functional groups attached to an aromatic ring is 1. The topological polar surface area (TPSA) is 60.9 Å². The second kappa shape index (κ2) is 3.87. The standard InChI is InChI=1S/C11H14N3OP/c1-14-11(15)7-4-5-9(12)10(16(2)3)8(7)6-13-14/h4-6H,12H2,1-3H3. The van der Waals surface area contributed by atoms with Gasteiger partial charge in [0.2, 0.25) is 0 Å². The van der Waals surface area contributed by atoms with Gasteiger partial charge < -0.3 is 5.73 Å². The van der Waals surface area contributed by atoms with Crippen molar-refractivity contribution in [2.45, 2.75) is 0 Å². The molecule has 2 rings (SSSR count). The van der Waals surface area contributed by atoms with Crippen LogP contribution >= 0.6 is 7.92 Å². The Balaban J connectivity index is 2.95. The molecule has 2 aromatic rings. The van der Waals surface area contributed by atoms with E-state index in [1.807, 2.05) is 0 Å². The summed E-state index contributed by atoms with van der Waals surface area (Å²) in [7, 11) is 1.30. The van der Waals surface area contributed by atoms with Crippen LogP contribution in [0, 0.1) is 0 Å². The second-order valence-corrected chi connectivity index (χ2v) is 6.17. The van der Waals surface area contributed by atoms with Crippen LogP contribution in [-0.2, 0) is 7.05 Å². The van der Waals surface area contributed by atoms with Crippen LogP contribution in [0.4, 0.5) is 5.69 Å². The van der Waals surface area contributed by atoms with Crippen molar-refractivity contribution < 1.29 is 0 Å². The van der Waals surface area contributed by atoms with Crippen molar-refractivity contribution in [3.8, 4) is 0 Å². The molecule has 5 heteroatoms. The summed E-state index contributed by atoms with van der Waals surface area (Å²) in [6.45, 7) is 4.25. The Kier molecular flexibility index (Phi) is 2.68. The maximum absolute atomic E-state index is 11.9. The fourth-order valence-corrected chi connectivity index (χ4v) is 3.06. The Morgan fingerprint density at radius 2 is 2.00 bits per heavy atom. The number of nitrogens with zero attached hydrogens (tertiary/aromatic N) is 2. The molecule has 1 aromatic heterocycles. The number of aryl methyl sites for hydroxylation is 1. The molecule has 0 atom stereocenters. The lowest BCUT2D eigenvalue weighted by Gasteiger charge is -2.13. The van der Waals surface area contributed by atoms with Gasteiger partial charge in [-0.25, -0.2) is 4.68 Å². The molecule has 0 aliphatic rings. The minimum absolute atomic E-state index is 0.0735. The molecule has 0 saturated carbocycles. The molecule has 0 radical (unpaired) electrons. The molecule has 2 N–H and O–H groups in total. The number of anilines is 1. The number of nitrogens with two attached hydrogens (primary N) is 1. The van der Waals surface area contributed by atoms with E-state index in [0.29, 0.717) is 5.39 Å². The van der Waals surface area contributed by atoms with Crippen LogP contribution in [0.1, 0.15) is 0 Å². The van der Waals surface area contributed by atoms with E-state index in [1.165, 1.54) is 4.68 Å². The first kappa shape index (κ1) is 11.1. The third-order valence-electron chi connectivity index (χ3n) is 2.58. The van der Waals surface area contributed by atoms with Crippen LogP contribution < -0.4 is 16.6 Å². The monoisotopic (exact) mass is 235 g/mol. The number of fused-ring (bicyclic) bond motifs is 1. The SMILES string of the molecule is Cn1ncc2c(P(C)C)c(N)ccc2c1=O. The van der Waals surface area contributed by atoms with Crippen LogP contribution in [-0.4, -0.2) is 23.1 Å². The molecule has 0 aliphatic heterocycles. The molecule has 0 amide bonds. The van der Waals surface area contributed by atoms with Crippen molar-refractivity contribution in [1.29, 1.82) is 0 Å². The summed E-state index contributed by atoms with van der Waals surface area (Å²) in [5.41, 5.74) is 6.63. The molecule has 0 saturated heterocycles. The lowest BCUT2D eigenvalue weighted by atomic mass is 10.2. The Labute approximate surface area is 94.8 Å². The van der Waals surface area contributed by atoms with Gasteiger partial charge in [0.05, 0.1) is 11.6 Å². The zero-order chi connectivity index (χ0) is 11.9. The lowest BCUT2D eigenvalue weighted by molar-refractivity contribution is 0.718. The van der Waals surface area contributed by atoms with E-state index in [-0.39, 0.29) is 13.5 Å². The summed E-state index contributed by atoms with van der Waals surface area (Å²) >= 11 is 0. The van der Waals surface area contributed by atoms with Crippen LogP contribution in [0.5, 0.6) is 0 Å². The Morgan fingerprint density at radius 1 is 1.31 bits per heavy atom. The highest BCUT2D eigenvalue weighted by atomic mass is 31.1. The summed E-state index contributed by atoms with van der Waals surface area (Å²) in [5.74, 6) is 0. The van der Waals surface area contributed by atoms with Gasteiger partial charge in [-0.2, -0.15) is 5.10 Å². The molecule has 4 nitrogen and oxygen atoms in total. The van der Waals surface area contributed by atoms with Crippen molar-refractivity contribution in [2.75, 3.05) is 19.1 Å². The molecule has 0 bridgehead atoms. The highest BCUT2D eigenvalue weighted by Gasteiger charge is 2.11. The molecule has 0 spiro atoms. The van der Waals surface area contributed by atoms with E-state index in [1.54, 1.807) is 25.4 Å². The zero-order valence-electron chi connectivity index (χ0n) is 9.56. The minimum atomic E-state index is -0.351. The first-order valence-electron chi connectivity index (χ1n) is 4.94. The van der Waals surface area contributed by atoms with Gasteiger partial charge in [-0.15, -0.1) is 0 Å². The molecule has 0 unspecified atom stereocenters. The number of benzene rings is 1. The van der Waals surface area contributed by atoms with E-state index in [4.69, 9.17) is 5.73 Å². The Morgan fingerprint density at radius 3 is 2.62 bits per heavy atom. The summed E-state index contributed by atoms with van der Waals surface area (Å²) in [6, 6.07) is 3.58. The highest BCUT2D eigenvalue weighted by molar-refractivity contribution is 7.65. The van der Waals surface area contributed by atoms with Crippen molar-refractivity contribution in [3.63, 3.8) is 0 Å². The number of hydrogen-bond acceptors (Lipinski definition) is 3.